The second kappa shape index (κ2) is 11.3. The molecule has 2 aliphatic rings. The Morgan fingerprint density at radius 1 is 1.05 bits per heavy atom. The van der Waals surface area contributed by atoms with Gasteiger partial charge in [-0.3, -0.25) is 19.3 Å². The van der Waals surface area contributed by atoms with Crippen LogP contribution < -0.4 is 4.74 Å². The van der Waals surface area contributed by atoms with Gasteiger partial charge in [0.25, 0.3) is 11.1 Å². The lowest BCUT2D eigenvalue weighted by molar-refractivity contribution is -0.136. The summed E-state index contributed by atoms with van der Waals surface area (Å²) in [6.07, 6.45) is 2.44. The van der Waals surface area contributed by atoms with Crippen LogP contribution >= 0.6 is 46.0 Å². The number of imide groups is 1. The molecular weight excluding hydrogens is 623 g/mol. The number of ether oxygens (including phenoxy) is 1. The monoisotopic (exact) mass is 644 g/mol. The van der Waals surface area contributed by atoms with Crippen LogP contribution in [0, 0.1) is 3.57 Å². The number of hydrogen-bond acceptors (Lipinski definition) is 5. The number of carbonyl (C=O) groups excluding carboxylic acids is 3. The van der Waals surface area contributed by atoms with Gasteiger partial charge in [0, 0.05) is 18.1 Å². The smallest absolute Gasteiger partial charge is 0.294 e. The van der Waals surface area contributed by atoms with Gasteiger partial charge in [0.2, 0.25) is 5.91 Å². The summed E-state index contributed by atoms with van der Waals surface area (Å²) in [7, 11) is 0. The van der Waals surface area contributed by atoms with Crippen molar-refractivity contribution < 1.29 is 19.1 Å². The lowest BCUT2D eigenvalue weighted by atomic mass is 10.00. The van der Waals surface area contributed by atoms with Crippen molar-refractivity contribution in [3.8, 4) is 5.75 Å². The summed E-state index contributed by atoms with van der Waals surface area (Å²) in [6, 6.07) is 21.0. The van der Waals surface area contributed by atoms with Crippen LogP contribution in [0.3, 0.4) is 0 Å². The Morgan fingerprint density at radius 3 is 2.57 bits per heavy atom. The van der Waals surface area contributed by atoms with Gasteiger partial charge < -0.3 is 9.64 Å². The molecule has 0 unspecified atom stereocenters. The largest absolute Gasteiger partial charge is 0.488 e. The van der Waals surface area contributed by atoms with Gasteiger partial charge in [-0.15, -0.1) is 0 Å². The number of nitrogens with zero attached hydrogens (tertiary/aromatic N) is 2. The van der Waals surface area contributed by atoms with E-state index in [0.717, 1.165) is 49.1 Å². The van der Waals surface area contributed by atoms with E-state index in [-0.39, 0.29) is 12.5 Å². The molecule has 2 heterocycles. The average Bonchev–Trinajstić information content (AvgIpc) is 3.16. The van der Waals surface area contributed by atoms with E-state index in [1.807, 2.05) is 60.7 Å². The Hall–Kier alpha value is -2.82. The van der Waals surface area contributed by atoms with Crippen LogP contribution in [0.2, 0.25) is 5.02 Å². The van der Waals surface area contributed by atoms with Gasteiger partial charge in [-0.1, -0.05) is 54.1 Å². The van der Waals surface area contributed by atoms with Gasteiger partial charge in [0.15, 0.2) is 0 Å². The highest BCUT2D eigenvalue weighted by Crippen LogP contribution is 2.33. The fourth-order valence-electron chi connectivity index (χ4n) is 4.20. The van der Waals surface area contributed by atoms with Crippen molar-refractivity contribution >= 4 is 69.1 Å². The van der Waals surface area contributed by atoms with Crippen molar-refractivity contribution in [3.05, 3.63) is 102 Å². The molecule has 188 valence electrons. The summed E-state index contributed by atoms with van der Waals surface area (Å²) in [5.74, 6) is 0.0446. The fourth-order valence-corrected chi connectivity index (χ4v) is 5.86. The number of benzene rings is 3. The summed E-state index contributed by atoms with van der Waals surface area (Å²) in [4.78, 5) is 41.5. The second-order valence-corrected chi connectivity index (χ2v) is 11.3. The number of halogens is 2. The third-order valence-electron chi connectivity index (χ3n) is 6.21. The minimum absolute atomic E-state index is 0.227. The lowest BCUT2D eigenvalue weighted by Gasteiger charge is -2.29. The van der Waals surface area contributed by atoms with E-state index in [4.69, 9.17) is 16.3 Å². The maximum absolute atomic E-state index is 13.0. The summed E-state index contributed by atoms with van der Waals surface area (Å²) < 4.78 is 6.79. The van der Waals surface area contributed by atoms with Crippen LogP contribution in [0.5, 0.6) is 5.75 Å². The third-order valence-corrected chi connectivity index (χ3v) is 8.21. The number of hydrogen-bond donors (Lipinski definition) is 0. The second-order valence-electron chi connectivity index (χ2n) is 8.71. The molecule has 3 aromatic rings. The van der Waals surface area contributed by atoms with Gasteiger partial charge in [-0.2, -0.15) is 0 Å². The Balaban J connectivity index is 1.22. The van der Waals surface area contributed by atoms with E-state index in [1.165, 1.54) is 5.56 Å². The molecule has 0 aromatic heterocycles. The molecular formula is C28H22ClIN2O4S. The van der Waals surface area contributed by atoms with Crippen molar-refractivity contribution in [1.82, 2.24) is 9.80 Å². The van der Waals surface area contributed by atoms with Crippen LogP contribution in [-0.4, -0.2) is 39.9 Å². The molecule has 5 rings (SSSR count). The van der Waals surface area contributed by atoms with Crippen molar-refractivity contribution in [1.29, 1.82) is 0 Å². The predicted molar refractivity (Wildman–Crippen MR) is 153 cm³/mol. The Kier molecular flexibility index (Phi) is 7.87. The molecule has 1 fully saturated rings. The van der Waals surface area contributed by atoms with Crippen LogP contribution in [-0.2, 0) is 29.2 Å². The van der Waals surface area contributed by atoms with Gasteiger partial charge >= 0.3 is 0 Å². The molecule has 0 N–H and O–H groups in total. The SMILES string of the molecule is O=C(CN1C(=O)S/C(=C\c2ccc(OCc3ccc(Cl)cc3)c(I)c2)C1=O)N1CCc2ccccc2C1. The van der Waals surface area contributed by atoms with Gasteiger partial charge in [0.1, 0.15) is 18.9 Å². The summed E-state index contributed by atoms with van der Waals surface area (Å²) in [5.41, 5.74) is 4.11. The molecule has 37 heavy (non-hydrogen) atoms. The summed E-state index contributed by atoms with van der Waals surface area (Å²) in [6.45, 7) is 1.22. The van der Waals surface area contributed by atoms with Gasteiger partial charge in [-0.25, -0.2) is 0 Å². The fraction of sp³-hybridized carbons (Fsp3) is 0.179. The van der Waals surface area contributed by atoms with Crippen LogP contribution in [0.4, 0.5) is 4.79 Å². The van der Waals surface area contributed by atoms with Gasteiger partial charge in [0.05, 0.1) is 8.48 Å². The number of amides is 3. The molecule has 0 radical (unpaired) electrons. The first-order valence-corrected chi connectivity index (χ1v) is 13.9. The molecule has 0 bridgehead atoms. The quantitative estimate of drug-likeness (QED) is 0.238. The molecule has 0 aliphatic carbocycles. The minimum atomic E-state index is -0.446. The highest BCUT2D eigenvalue weighted by molar-refractivity contribution is 14.1. The number of fused-ring (bicyclic) bond motifs is 1. The molecule has 0 atom stereocenters. The number of thioether (sulfide) groups is 1. The van der Waals surface area contributed by atoms with Crippen molar-refractivity contribution in [3.63, 3.8) is 0 Å². The van der Waals surface area contributed by atoms with Crippen LogP contribution in [0.1, 0.15) is 22.3 Å². The Labute approximate surface area is 237 Å². The highest BCUT2D eigenvalue weighted by atomic mass is 127. The maximum Gasteiger partial charge on any atom is 0.294 e. The molecule has 3 amide bonds. The molecule has 0 spiro atoms. The van der Waals surface area contributed by atoms with E-state index in [2.05, 4.69) is 28.7 Å². The normalized spacial score (nSPS) is 16.3. The molecule has 0 saturated carbocycles. The first-order chi connectivity index (χ1) is 17.9. The Morgan fingerprint density at radius 2 is 1.81 bits per heavy atom. The highest BCUT2D eigenvalue weighted by Gasteiger charge is 2.37. The predicted octanol–water partition coefficient (Wildman–Crippen LogP) is 6.14. The maximum atomic E-state index is 13.0. The van der Waals surface area contributed by atoms with E-state index >= 15 is 0 Å². The van der Waals surface area contributed by atoms with E-state index in [1.54, 1.807) is 11.0 Å². The molecule has 3 aromatic carbocycles. The van der Waals surface area contributed by atoms with Crippen molar-refractivity contribution in [2.24, 2.45) is 0 Å². The topological polar surface area (TPSA) is 66.9 Å². The Bertz CT molecular complexity index is 1410. The van der Waals surface area contributed by atoms with Crippen molar-refractivity contribution in [2.75, 3.05) is 13.1 Å². The molecule has 2 aliphatic heterocycles. The standard InChI is InChI=1S/C28H22ClIN2O4S/c29-22-8-5-18(6-9-22)17-36-24-10-7-19(13-23(24)30)14-25-27(34)32(28(35)37-25)16-26(33)31-12-11-20-3-1-2-4-21(20)15-31/h1-10,13-14H,11-12,15-17H2/b25-14-. The number of carbonyl (C=O) groups is 3. The lowest BCUT2D eigenvalue weighted by Crippen LogP contribution is -2.44. The van der Waals surface area contributed by atoms with E-state index in [0.29, 0.717) is 29.6 Å². The van der Waals surface area contributed by atoms with E-state index in [9.17, 15) is 14.4 Å². The zero-order valence-corrected chi connectivity index (χ0v) is 23.4. The van der Waals surface area contributed by atoms with Crippen LogP contribution in [0.15, 0.2) is 71.6 Å². The first-order valence-electron chi connectivity index (χ1n) is 11.6. The molecule has 1 saturated heterocycles. The molecule has 6 nitrogen and oxygen atoms in total. The minimum Gasteiger partial charge on any atom is -0.488 e. The zero-order valence-electron chi connectivity index (χ0n) is 19.7. The summed E-state index contributed by atoms with van der Waals surface area (Å²) in [5, 5.41) is 0.244. The van der Waals surface area contributed by atoms with Crippen molar-refractivity contribution in [2.45, 2.75) is 19.6 Å². The van der Waals surface area contributed by atoms with Crippen LogP contribution in [0.25, 0.3) is 6.08 Å². The first kappa shape index (κ1) is 25.8. The molecule has 9 heteroatoms. The number of rotatable bonds is 6. The average molecular weight is 645 g/mol. The summed E-state index contributed by atoms with van der Waals surface area (Å²) >= 11 is 8.97. The van der Waals surface area contributed by atoms with Gasteiger partial charge in [-0.05, 0) is 93.4 Å². The van der Waals surface area contributed by atoms with E-state index < -0.39 is 11.1 Å². The zero-order chi connectivity index (χ0) is 25.9. The third kappa shape index (κ3) is 6.02.